The monoisotopic (exact) mass is 356 g/mol. The largest absolute Gasteiger partial charge is 0.497 e. The topological polar surface area (TPSA) is 36.9 Å². The van der Waals surface area contributed by atoms with Gasteiger partial charge in [0.1, 0.15) is 11.9 Å². The van der Waals surface area contributed by atoms with E-state index in [1.807, 2.05) is 61.5 Å². The summed E-state index contributed by atoms with van der Waals surface area (Å²) in [6, 6.07) is 18.0. The molecule has 0 aliphatic carbocycles. The van der Waals surface area contributed by atoms with Crippen LogP contribution in [0.4, 0.5) is 0 Å². The molecule has 0 saturated heterocycles. The van der Waals surface area contributed by atoms with Crippen molar-refractivity contribution in [3.63, 3.8) is 0 Å². The van der Waals surface area contributed by atoms with Gasteiger partial charge in [-0.15, -0.1) is 6.58 Å². The van der Waals surface area contributed by atoms with E-state index in [1.165, 1.54) is 0 Å². The van der Waals surface area contributed by atoms with Gasteiger partial charge in [-0.2, -0.15) is 0 Å². The van der Waals surface area contributed by atoms with E-state index in [1.54, 1.807) is 13.2 Å². The van der Waals surface area contributed by atoms with Gasteiger partial charge in [0.2, 0.25) is 0 Å². The van der Waals surface area contributed by atoms with E-state index in [0.29, 0.717) is 26.4 Å². The molecular formula is C22H28O4. The van der Waals surface area contributed by atoms with Crippen LogP contribution in [0.2, 0.25) is 0 Å². The van der Waals surface area contributed by atoms with Crippen LogP contribution in [0.25, 0.3) is 0 Å². The number of rotatable bonds is 12. The summed E-state index contributed by atoms with van der Waals surface area (Å²) in [6.07, 6.45) is 1.47. The van der Waals surface area contributed by atoms with E-state index < -0.39 is 0 Å². The number of ether oxygens (including phenoxy) is 4. The first kappa shape index (κ1) is 20.2. The van der Waals surface area contributed by atoms with Crippen molar-refractivity contribution in [1.82, 2.24) is 0 Å². The Morgan fingerprint density at radius 3 is 2.23 bits per heavy atom. The van der Waals surface area contributed by atoms with Crippen molar-refractivity contribution in [2.75, 3.05) is 20.3 Å². The van der Waals surface area contributed by atoms with Gasteiger partial charge in [0, 0.05) is 0 Å². The molecule has 0 unspecified atom stereocenters. The molecule has 0 bridgehead atoms. The van der Waals surface area contributed by atoms with Gasteiger partial charge < -0.3 is 18.9 Å². The predicted octanol–water partition coefficient (Wildman–Crippen LogP) is 4.39. The molecular weight excluding hydrogens is 328 g/mol. The Bertz CT molecular complexity index is 624. The molecule has 2 rings (SSSR count). The molecule has 0 spiro atoms. The number of hydrogen-bond acceptors (Lipinski definition) is 4. The molecule has 0 aliphatic rings. The van der Waals surface area contributed by atoms with E-state index in [-0.39, 0.29) is 12.2 Å². The van der Waals surface area contributed by atoms with Crippen molar-refractivity contribution in [1.29, 1.82) is 0 Å². The fourth-order valence-corrected chi connectivity index (χ4v) is 2.42. The van der Waals surface area contributed by atoms with Crippen molar-refractivity contribution >= 4 is 0 Å². The lowest BCUT2D eigenvalue weighted by Crippen LogP contribution is -2.33. The molecule has 2 aromatic rings. The number of methoxy groups -OCH3 is 1. The van der Waals surface area contributed by atoms with E-state index in [2.05, 4.69) is 6.58 Å². The van der Waals surface area contributed by atoms with Gasteiger partial charge in [0.05, 0.1) is 39.6 Å². The van der Waals surface area contributed by atoms with Crippen molar-refractivity contribution in [3.8, 4) is 5.75 Å². The van der Waals surface area contributed by atoms with Gasteiger partial charge >= 0.3 is 0 Å². The molecule has 0 aliphatic heterocycles. The normalized spacial score (nSPS) is 13.2. The van der Waals surface area contributed by atoms with Crippen molar-refractivity contribution < 1.29 is 18.9 Å². The Kier molecular flexibility index (Phi) is 8.90. The SMILES string of the molecule is C=CCOC[C@@H](OCc1ccccc1)[C@H](C)OCc1ccc(OC)cc1. The highest BCUT2D eigenvalue weighted by Gasteiger charge is 2.19. The minimum Gasteiger partial charge on any atom is -0.497 e. The van der Waals surface area contributed by atoms with Gasteiger partial charge in [-0.25, -0.2) is 0 Å². The highest BCUT2D eigenvalue weighted by molar-refractivity contribution is 5.26. The third-order valence-electron chi connectivity index (χ3n) is 4.02. The molecule has 0 saturated carbocycles. The molecule has 2 aromatic carbocycles. The summed E-state index contributed by atoms with van der Waals surface area (Å²) in [5.74, 6) is 0.837. The summed E-state index contributed by atoms with van der Waals surface area (Å²) in [6.45, 7) is 7.69. The maximum Gasteiger partial charge on any atom is 0.118 e. The molecule has 2 atom stereocenters. The zero-order valence-electron chi connectivity index (χ0n) is 15.6. The van der Waals surface area contributed by atoms with E-state index in [4.69, 9.17) is 18.9 Å². The zero-order valence-corrected chi connectivity index (χ0v) is 15.6. The lowest BCUT2D eigenvalue weighted by molar-refractivity contribution is -0.105. The van der Waals surface area contributed by atoms with Gasteiger partial charge in [-0.1, -0.05) is 48.5 Å². The second-order valence-corrected chi connectivity index (χ2v) is 6.03. The smallest absolute Gasteiger partial charge is 0.118 e. The first-order valence-corrected chi connectivity index (χ1v) is 8.81. The highest BCUT2D eigenvalue weighted by atomic mass is 16.6. The van der Waals surface area contributed by atoms with Crippen molar-refractivity contribution in [2.45, 2.75) is 32.3 Å². The second kappa shape index (κ2) is 11.5. The minimum absolute atomic E-state index is 0.106. The minimum atomic E-state index is -0.159. The molecule has 140 valence electrons. The second-order valence-electron chi connectivity index (χ2n) is 6.03. The third-order valence-corrected chi connectivity index (χ3v) is 4.02. The van der Waals surface area contributed by atoms with Crippen molar-refractivity contribution in [2.24, 2.45) is 0 Å². The number of hydrogen-bond donors (Lipinski definition) is 0. The molecule has 4 heteroatoms. The Labute approximate surface area is 156 Å². The van der Waals surface area contributed by atoms with Crippen LogP contribution in [0.3, 0.4) is 0 Å². The van der Waals surface area contributed by atoms with Gasteiger partial charge in [-0.05, 0) is 30.2 Å². The Balaban J connectivity index is 1.87. The summed E-state index contributed by atoms with van der Waals surface area (Å²) in [5.41, 5.74) is 2.22. The summed E-state index contributed by atoms with van der Waals surface area (Å²) < 4.78 is 22.8. The molecule has 0 amide bonds. The van der Waals surface area contributed by atoms with Crippen LogP contribution in [-0.2, 0) is 27.4 Å². The molecule has 0 aromatic heterocycles. The Morgan fingerprint density at radius 1 is 0.923 bits per heavy atom. The molecule has 0 N–H and O–H groups in total. The Hall–Kier alpha value is -2.14. The fourth-order valence-electron chi connectivity index (χ4n) is 2.42. The highest BCUT2D eigenvalue weighted by Crippen LogP contribution is 2.15. The van der Waals surface area contributed by atoms with Crippen LogP contribution < -0.4 is 4.74 Å². The average molecular weight is 356 g/mol. The maximum absolute atomic E-state index is 6.06. The summed E-state index contributed by atoms with van der Waals surface area (Å²) in [7, 11) is 1.66. The standard InChI is InChI=1S/C22H28O4/c1-4-14-24-17-22(26-16-19-8-6-5-7-9-19)18(2)25-15-20-10-12-21(23-3)13-11-20/h4-13,18,22H,1,14-17H2,2-3H3/t18-,22+/m0/s1. The molecule has 0 radical (unpaired) electrons. The number of benzene rings is 2. The van der Waals surface area contributed by atoms with Gasteiger partial charge in [-0.3, -0.25) is 0 Å². The molecule has 26 heavy (non-hydrogen) atoms. The first-order valence-electron chi connectivity index (χ1n) is 8.81. The van der Waals surface area contributed by atoms with Crippen LogP contribution in [0.15, 0.2) is 67.3 Å². The van der Waals surface area contributed by atoms with Crippen LogP contribution >= 0.6 is 0 Å². The van der Waals surface area contributed by atoms with E-state index in [0.717, 1.165) is 16.9 Å². The van der Waals surface area contributed by atoms with Crippen LogP contribution in [0.1, 0.15) is 18.1 Å². The Morgan fingerprint density at radius 2 is 1.58 bits per heavy atom. The lowest BCUT2D eigenvalue weighted by Gasteiger charge is -2.24. The van der Waals surface area contributed by atoms with Crippen LogP contribution in [0.5, 0.6) is 5.75 Å². The van der Waals surface area contributed by atoms with E-state index in [9.17, 15) is 0 Å². The van der Waals surface area contributed by atoms with E-state index >= 15 is 0 Å². The lowest BCUT2D eigenvalue weighted by atomic mass is 10.2. The quantitative estimate of drug-likeness (QED) is 0.417. The third kappa shape index (κ3) is 7.00. The molecule has 4 nitrogen and oxygen atoms in total. The molecule has 0 heterocycles. The fraction of sp³-hybridized carbons (Fsp3) is 0.364. The van der Waals surface area contributed by atoms with Crippen LogP contribution in [0, 0.1) is 0 Å². The first-order chi connectivity index (χ1) is 12.7. The van der Waals surface area contributed by atoms with Gasteiger partial charge in [0.25, 0.3) is 0 Å². The summed E-state index contributed by atoms with van der Waals surface area (Å²) in [5, 5.41) is 0. The van der Waals surface area contributed by atoms with Crippen molar-refractivity contribution in [3.05, 3.63) is 78.4 Å². The van der Waals surface area contributed by atoms with Gasteiger partial charge in [0.15, 0.2) is 0 Å². The zero-order chi connectivity index (χ0) is 18.6. The molecule has 0 fully saturated rings. The van der Waals surface area contributed by atoms with Crippen LogP contribution in [-0.4, -0.2) is 32.5 Å². The predicted molar refractivity (Wildman–Crippen MR) is 103 cm³/mol. The summed E-state index contributed by atoms with van der Waals surface area (Å²) in [4.78, 5) is 0. The summed E-state index contributed by atoms with van der Waals surface area (Å²) >= 11 is 0. The average Bonchev–Trinajstić information content (AvgIpc) is 2.70. The maximum atomic E-state index is 6.06.